The number of nitriles is 4. The van der Waals surface area contributed by atoms with E-state index in [0.29, 0.717) is 6.42 Å². The second kappa shape index (κ2) is 5.48. The zero-order valence-electron chi connectivity index (χ0n) is 12.2. The molecule has 3 atom stereocenters. The van der Waals surface area contributed by atoms with E-state index in [-0.39, 0.29) is 5.92 Å². The normalized spacial score (nSPS) is 30.6. The van der Waals surface area contributed by atoms with Crippen molar-refractivity contribution in [3.05, 3.63) is 0 Å². The van der Waals surface area contributed by atoms with Gasteiger partial charge in [0.2, 0.25) is 0 Å². The molecule has 0 spiro atoms. The zero-order valence-corrected chi connectivity index (χ0v) is 12.2. The summed E-state index contributed by atoms with van der Waals surface area (Å²) in [6.07, 6.45) is 0.421. The third kappa shape index (κ3) is 2.00. The van der Waals surface area contributed by atoms with E-state index in [1.807, 2.05) is 6.92 Å². The van der Waals surface area contributed by atoms with Crippen molar-refractivity contribution in [3.63, 3.8) is 0 Å². The maximum Gasteiger partial charge on any atom is 0.165 e. The van der Waals surface area contributed by atoms with Gasteiger partial charge in [0.15, 0.2) is 10.8 Å². The molecule has 0 amide bonds. The van der Waals surface area contributed by atoms with Crippen molar-refractivity contribution in [2.24, 2.45) is 22.7 Å². The quantitative estimate of drug-likeness (QED) is 0.754. The molecule has 0 saturated heterocycles. The van der Waals surface area contributed by atoms with Gasteiger partial charge in [0.25, 0.3) is 0 Å². The monoisotopic (exact) mass is 270 g/mol. The van der Waals surface area contributed by atoms with Gasteiger partial charge in [-0.05, 0) is 12.3 Å². The van der Waals surface area contributed by atoms with E-state index in [9.17, 15) is 21.0 Å². The summed E-state index contributed by atoms with van der Waals surface area (Å²) in [6, 6.07) is 7.84. The van der Waals surface area contributed by atoms with Gasteiger partial charge in [-0.15, -0.1) is 0 Å². The lowest BCUT2D eigenvalue weighted by Gasteiger charge is -2.48. The predicted molar refractivity (Wildman–Crippen MR) is 70.9 cm³/mol. The van der Waals surface area contributed by atoms with Crippen LogP contribution >= 0.6 is 0 Å². The van der Waals surface area contributed by atoms with Crippen molar-refractivity contribution in [3.8, 4) is 24.3 Å². The molecule has 0 aliphatic heterocycles. The Morgan fingerprint density at radius 2 is 1.40 bits per heavy atom. The maximum absolute atomic E-state index is 9.55. The van der Waals surface area contributed by atoms with Gasteiger partial charge in [-0.3, -0.25) is 5.01 Å². The maximum atomic E-state index is 9.55. The topological polar surface area (TPSA) is 110 Å². The number of nitrogens with zero attached hydrogens (tertiary/aromatic N) is 5. The summed E-state index contributed by atoms with van der Waals surface area (Å²) in [4.78, 5) is 0. The molecular weight excluding hydrogens is 252 g/mol. The highest BCUT2D eigenvalue weighted by Gasteiger charge is 2.61. The molecule has 3 unspecified atom stereocenters. The highest BCUT2D eigenvalue weighted by Crippen LogP contribution is 2.53. The van der Waals surface area contributed by atoms with E-state index in [2.05, 4.69) is 29.7 Å². The lowest BCUT2D eigenvalue weighted by molar-refractivity contribution is 0.0221. The Morgan fingerprint density at radius 1 is 0.950 bits per heavy atom. The highest BCUT2D eigenvalue weighted by molar-refractivity contribution is 5.33. The molecule has 6 heteroatoms. The lowest BCUT2D eigenvalue weighted by Crippen LogP contribution is -2.61. The van der Waals surface area contributed by atoms with E-state index in [1.54, 1.807) is 26.0 Å². The number of hydrogen-bond acceptors (Lipinski definition) is 6. The molecule has 0 aromatic rings. The SMILES string of the molecule is CC1CC(NN(C)C)C(C#N)(C#N)C(C)C1(C#N)C#N. The molecule has 20 heavy (non-hydrogen) atoms. The summed E-state index contributed by atoms with van der Waals surface area (Å²) in [7, 11) is 3.57. The molecule has 0 aromatic carbocycles. The molecule has 1 saturated carbocycles. The minimum atomic E-state index is -1.40. The fourth-order valence-corrected chi connectivity index (χ4v) is 3.09. The van der Waals surface area contributed by atoms with E-state index in [4.69, 9.17) is 0 Å². The second-order valence-electron chi connectivity index (χ2n) is 5.62. The van der Waals surface area contributed by atoms with Crippen molar-refractivity contribution in [2.75, 3.05) is 14.1 Å². The summed E-state index contributed by atoms with van der Waals surface area (Å²) < 4.78 is 0. The van der Waals surface area contributed by atoms with Crippen molar-refractivity contribution >= 4 is 0 Å². The average Bonchev–Trinajstić information content (AvgIpc) is 2.41. The first-order valence-corrected chi connectivity index (χ1v) is 6.43. The molecule has 1 aliphatic rings. The van der Waals surface area contributed by atoms with E-state index in [1.165, 1.54) is 0 Å². The second-order valence-corrected chi connectivity index (χ2v) is 5.62. The van der Waals surface area contributed by atoms with Crippen LogP contribution in [0.3, 0.4) is 0 Å². The Hall–Kier alpha value is -2.12. The Labute approximate surface area is 119 Å². The summed E-state index contributed by atoms with van der Waals surface area (Å²) in [5.41, 5.74) is 0.381. The first-order chi connectivity index (χ1) is 9.34. The molecule has 1 aliphatic carbocycles. The highest BCUT2D eigenvalue weighted by atomic mass is 15.5. The zero-order chi connectivity index (χ0) is 15.6. The van der Waals surface area contributed by atoms with Crippen LogP contribution in [0.4, 0.5) is 0 Å². The average molecular weight is 270 g/mol. The van der Waals surface area contributed by atoms with E-state index in [0.717, 1.165) is 0 Å². The van der Waals surface area contributed by atoms with Gasteiger partial charge < -0.3 is 0 Å². The Bertz CT molecular complexity index is 510. The first kappa shape index (κ1) is 15.9. The van der Waals surface area contributed by atoms with Crippen LogP contribution in [0, 0.1) is 68.0 Å². The molecule has 0 radical (unpaired) electrons. The van der Waals surface area contributed by atoms with Gasteiger partial charge in [0, 0.05) is 20.0 Å². The fraction of sp³-hybridized carbons (Fsp3) is 0.714. The minimum Gasteiger partial charge on any atom is -0.250 e. The van der Waals surface area contributed by atoms with Crippen LogP contribution in [0.2, 0.25) is 0 Å². The van der Waals surface area contributed by atoms with E-state index < -0.39 is 22.8 Å². The molecule has 6 nitrogen and oxygen atoms in total. The van der Waals surface area contributed by atoms with E-state index >= 15 is 0 Å². The number of hydrogen-bond donors (Lipinski definition) is 1. The number of nitrogens with one attached hydrogen (secondary N) is 1. The third-order valence-corrected chi connectivity index (χ3v) is 4.44. The molecule has 1 fully saturated rings. The third-order valence-electron chi connectivity index (χ3n) is 4.44. The molecule has 0 bridgehead atoms. The van der Waals surface area contributed by atoms with Gasteiger partial charge in [-0.25, -0.2) is 5.43 Å². The fourth-order valence-electron chi connectivity index (χ4n) is 3.09. The van der Waals surface area contributed by atoms with Crippen LogP contribution in [0.25, 0.3) is 0 Å². The number of hydrazine groups is 1. The summed E-state index contributed by atoms with van der Waals surface area (Å²) in [5, 5.41) is 39.7. The molecule has 0 aromatic heterocycles. The largest absolute Gasteiger partial charge is 0.250 e. The Morgan fingerprint density at radius 3 is 1.75 bits per heavy atom. The Balaban J connectivity index is 3.42. The van der Waals surface area contributed by atoms with Crippen LogP contribution in [-0.2, 0) is 0 Å². The van der Waals surface area contributed by atoms with Crippen LogP contribution in [0.5, 0.6) is 0 Å². The summed E-state index contributed by atoms with van der Waals surface area (Å²) in [5.74, 6) is -0.888. The van der Waals surface area contributed by atoms with Gasteiger partial charge in [0.05, 0.1) is 30.3 Å². The van der Waals surface area contributed by atoms with Crippen LogP contribution in [0.15, 0.2) is 0 Å². The lowest BCUT2D eigenvalue weighted by atomic mass is 9.51. The van der Waals surface area contributed by atoms with Gasteiger partial charge >= 0.3 is 0 Å². The van der Waals surface area contributed by atoms with Crippen LogP contribution < -0.4 is 5.43 Å². The van der Waals surface area contributed by atoms with Crippen molar-refractivity contribution in [1.82, 2.24) is 10.4 Å². The molecular formula is C14H18N6. The van der Waals surface area contributed by atoms with Gasteiger partial charge in [-0.2, -0.15) is 21.0 Å². The van der Waals surface area contributed by atoms with Crippen molar-refractivity contribution < 1.29 is 0 Å². The molecule has 1 N–H and O–H groups in total. The van der Waals surface area contributed by atoms with Gasteiger partial charge in [-0.1, -0.05) is 13.8 Å². The smallest absolute Gasteiger partial charge is 0.165 e. The molecule has 0 heterocycles. The Kier molecular flexibility index (Phi) is 4.36. The summed E-state index contributed by atoms with van der Waals surface area (Å²) >= 11 is 0. The van der Waals surface area contributed by atoms with Crippen LogP contribution in [0.1, 0.15) is 20.3 Å². The predicted octanol–water partition coefficient (Wildman–Crippen LogP) is 1.16. The molecule has 1 rings (SSSR count). The van der Waals surface area contributed by atoms with Gasteiger partial charge in [0.1, 0.15) is 0 Å². The van der Waals surface area contributed by atoms with Crippen molar-refractivity contribution in [2.45, 2.75) is 26.3 Å². The minimum absolute atomic E-state index is 0.222. The van der Waals surface area contributed by atoms with Crippen LogP contribution in [-0.4, -0.2) is 25.1 Å². The molecule has 104 valence electrons. The summed E-state index contributed by atoms with van der Waals surface area (Å²) in [6.45, 7) is 3.48. The standard InChI is InChI=1S/C14H18N6/c1-10-5-12(19-20(3)4)14(8-17,9-18)11(2)13(10,6-15)7-16/h10-12,19H,5H2,1-4H3. The van der Waals surface area contributed by atoms with Crippen molar-refractivity contribution in [1.29, 1.82) is 21.0 Å². The number of rotatable bonds is 2. The first-order valence-electron chi connectivity index (χ1n) is 6.43.